The summed E-state index contributed by atoms with van der Waals surface area (Å²) in [6, 6.07) is 7.49. The van der Waals surface area contributed by atoms with Gasteiger partial charge in [-0.3, -0.25) is 9.59 Å². The number of fused-ring (bicyclic) bond motifs is 1. The van der Waals surface area contributed by atoms with Gasteiger partial charge in [-0.2, -0.15) is 0 Å². The summed E-state index contributed by atoms with van der Waals surface area (Å²) in [6.07, 6.45) is 2.51. The number of para-hydroxylation sites is 1. The van der Waals surface area contributed by atoms with Crippen LogP contribution in [0.5, 0.6) is 0 Å². The lowest BCUT2D eigenvalue weighted by Crippen LogP contribution is -2.28. The van der Waals surface area contributed by atoms with E-state index in [1.54, 1.807) is 20.0 Å². The molecule has 0 spiro atoms. The summed E-state index contributed by atoms with van der Waals surface area (Å²) in [5, 5.41) is 10.0. The number of nitrogens with zero attached hydrogens (tertiary/aromatic N) is 1. The van der Waals surface area contributed by atoms with Gasteiger partial charge in [0.1, 0.15) is 0 Å². The van der Waals surface area contributed by atoms with Crippen LogP contribution in [-0.4, -0.2) is 21.9 Å². The van der Waals surface area contributed by atoms with Gasteiger partial charge in [-0.15, -0.1) is 0 Å². The molecule has 0 aliphatic carbocycles. The van der Waals surface area contributed by atoms with Crippen molar-refractivity contribution in [3.63, 3.8) is 0 Å². The van der Waals surface area contributed by atoms with Crippen molar-refractivity contribution in [3.8, 4) is 0 Å². The number of carbonyl (C=O) groups is 2. The molecule has 0 aliphatic rings. The zero-order valence-electron chi connectivity index (χ0n) is 10.4. The Morgan fingerprint density at radius 3 is 2.67 bits per heavy atom. The summed E-state index contributed by atoms with van der Waals surface area (Å²) < 4.78 is 1.83. The molecule has 18 heavy (non-hydrogen) atoms. The van der Waals surface area contributed by atoms with E-state index in [2.05, 4.69) is 0 Å². The van der Waals surface area contributed by atoms with Gasteiger partial charge in [-0.25, -0.2) is 0 Å². The third-order valence-electron chi connectivity index (χ3n) is 3.09. The number of carboxylic acid groups (broad SMARTS) is 1. The van der Waals surface area contributed by atoms with Crippen LogP contribution >= 0.6 is 0 Å². The van der Waals surface area contributed by atoms with Gasteiger partial charge >= 0.3 is 5.97 Å². The van der Waals surface area contributed by atoms with Gasteiger partial charge in [0.05, 0.1) is 5.41 Å². The summed E-state index contributed by atoms with van der Waals surface area (Å²) >= 11 is 0. The minimum atomic E-state index is -0.873. The van der Waals surface area contributed by atoms with E-state index in [4.69, 9.17) is 5.11 Å². The molecule has 1 aromatic carbocycles. The largest absolute Gasteiger partial charge is 0.481 e. The molecule has 1 heterocycles. The molecule has 2 rings (SSSR count). The summed E-state index contributed by atoms with van der Waals surface area (Å²) in [5.74, 6) is -0.854. The molecule has 4 nitrogen and oxygen atoms in total. The highest BCUT2D eigenvalue weighted by Crippen LogP contribution is 2.25. The molecule has 0 atom stereocenters. The van der Waals surface area contributed by atoms with Crippen LogP contribution in [0.15, 0.2) is 30.5 Å². The average Bonchev–Trinajstić information content (AvgIpc) is 2.67. The zero-order valence-corrected chi connectivity index (χ0v) is 10.4. The molecular weight excluding hydrogens is 230 g/mol. The third-order valence-corrected chi connectivity index (χ3v) is 3.09. The number of aldehydes is 1. The van der Waals surface area contributed by atoms with Crippen molar-refractivity contribution in [2.75, 3.05) is 0 Å². The van der Waals surface area contributed by atoms with Gasteiger partial charge < -0.3 is 9.67 Å². The Balaban J connectivity index is 2.52. The predicted molar refractivity (Wildman–Crippen MR) is 68.7 cm³/mol. The second-order valence-corrected chi connectivity index (χ2v) is 5.04. The number of hydrogen-bond acceptors (Lipinski definition) is 2. The predicted octanol–water partition coefficient (Wildman–Crippen LogP) is 2.56. The highest BCUT2D eigenvalue weighted by Gasteiger charge is 2.28. The van der Waals surface area contributed by atoms with Gasteiger partial charge in [0.25, 0.3) is 0 Å². The lowest BCUT2D eigenvalue weighted by atomic mass is 9.94. The van der Waals surface area contributed by atoms with Gasteiger partial charge in [0.2, 0.25) is 0 Å². The van der Waals surface area contributed by atoms with E-state index in [9.17, 15) is 9.59 Å². The Labute approximate surface area is 105 Å². The van der Waals surface area contributed by atoms with Gasteiger partial charge in [0, 0.05) is 29.2 Å². The Bertz CT molecular complexity index is 611. The number of aliphatic carboxylic acids is 1. The van der Waals surface area contributed by atoms with E-state index in [-0.39, 0.29) is 0 Å². The standard InChI is InChI=1S/C14H15NO3/c1-14(2,13(17)18)9-15-7-10(8-16)11-5-3-4-6-12(11)15/h3-8H,9H2,1-2H3,(H,17,18). The molecule has 0 aliphatic heterocycles. The maximum Gasteiger partial charge on any atom is 0.310 e. The normalized spacial score (nSPS) is 11.7. The Kier molecular flexibility index (Phi) is 2.95. The topological polar surface area (TPSA) is 59.3 Å². The second kappa shape index (κ2) is 4.29. The maximum absolute atomic E-state index is 11.2. The molecule has 0 fully saturated rings. The Morgan fingerprint density at radius 2 is 2.06 bits per heavy atom. The van der Waals surface area contributed by atoms with Gasteiger partial charge in [-0.1, -0.05) is 18.2 Å². The molecule has 94 valence electrons. The van der Waals surface area contributed by atoms with Crippen LogP contribution < -0.4 is 0 Å². The Hall–Kier alpha value is -2.10. The molecule has 0 bridgehead atoms. The van der Waals surface area contributed by atoms with E-state index < -0.39 is 11.4 Å². The fourth-order valence-electron chi connectivity index (χ4n) is 1.99. The van der Waals surface area contributed by atoms with Crippen LogP contribution in [0.25, 0.3) is 10.9 Å². The number of aromatic nitrogens is 1. The van der Waals surface area contributed by atoms with Crippen molar-refractivity contribution in [1.82, 2.24) is 4.57 Å². The zero-order chi connectivity index (χ0) is 13.3. The highest BCUT2D eigenvalue weighted by molar-refractivity contribution is 5.97. The molecule has 0 amide bonds. The molecule has 1 aromatic heterocycles. The van der Waals surface area contributed by atoms with Crippen LogP contribution in [0.4, 0.5) is 0 Å². The van der Waals surface area contributed by atoms with Crippen LogP contribution in [0.3, 0.4) is 0 Å². The average molecular weight is 245 g/mol. The fraction of sp³-hybridized carbons (Fsp3) is 0.286. The quantitative estimate of drug-likeness (QED) is 0.842. The smallest absolute Gasteiger partial charge is 0.310 e. The molecule has 2 aromatic rings. The van der Waals surface area contributed by atoms with Crippen molar-refractivity contribution in [2.24, 2.45) is 5.41 Å². The van der Waals surface area contributed by atoms with Crippen molar-refractivity contribution in [2.45, 2.75) is 20.4 Å². The molecule has 0 saturated carbocycles. The molecule has 0 saturated heterocycles. The van der Waals surface area contributed by atoms with Crippen molar-refractivity contribution < 1.29 is 14.7 Å². The van der Waals surface area contributed by atoms with Gasteiger partial charge in [0.15, 0.2) is 6.29 Å². The number of carbonyl (C=O) groups excluding carboxylic acids is 1. The maximum atomic E-state index is 11.2. The first-order valence-electron chi connectivity index (χ1n) is 5.72. The minimum Gasteiger partial charge on any atom is -0.481 e. The molecule has 0 radical (unpaired) electrons. The summed E-state index contributed by atoms with van der Waals surface area (Å²) in [7, 11) is 0. The second-order valence-electron chi connectivity index (χ2n) is 5.04. The van der Waals surface area contributed by atoms with Crippen LogP contribution in [-0.2, 0) is 11.3 Å². The first-order chi connectivity index (χ1) is 8.45. The molecule has 4 heteroatoms. The van der Waals surface area contributed by atoms with Gasteiger partial charge in [-0.05, 0) is 19.9 Å². The third kappa shape index (κ3) is 2.01. The SMILES string of the molecule is CC(C)(Cn1cc(C=O)c2ccccc21)C(=O)O. The van der Waals surface area contributed by atoms with E-state index >= 15 is 0 Å². The van der Waals surface area contributed by atoms with Crippen molar-refractivity contribution >= 4 is 23.2 Å². The van der Waals surface area contributed by atoms with Crippen LogP contribution in [0.1, 0.15) is 24.2 Å². The fourth-order valence-corrected chi connectivity index (χ4v) is 1.99. The number of rotatable bonds is 4. The van der Waals surface area contributed by atoms with Crippen LogP contribution in [0, 0.1) is 5.41 Å². The summed E-state index contributed by atoms with van der Waals surface area (Å²) in [6.45, 7) is 3.67. The van der Waals surface area contributed by atoms with E-state index in [1.807, 2.05) is 28.8 Å². The van der Waals surface area contributed by atoms with Crippen LogP contribution in [0.2, 0.25) is 0 Å². The minimum absolute atomic E-state index is 0.330. The lowest BCUT2D eigenvalue weighted by molar-refractivity contribution is -0.147. The number of hydrogen-bond donors (Lipinski definition) is 1. The van der Waals surface area contributed by atoms with E-state index in [0.717, 1.165) is 17.2 Å². The Morgan fingerprint density at radius 1 is 1.39 bits per heavy atom. The van der Waals surface area contributed by atoms with E-state index in [0.29, 0.717) is 12.1 Å². The molecule has 0 unspecified atom stereocenters. The van der Waals surface area contributed by atoms with Crippen molar-refractivity contribution in [3.05, 3.63) is 36.0 Å². The van der Waals surface area contributed by atoms with Crippen molar-refractivity contribution in [1.29, 1.82) is 0 Å². The molecular formula is C14H15NO3. The number of carboxylic acids is 1. The monoisotopic (exact) mass is 245 g/mol. The number of benzene rings is 1. The molecule has 1 N–H and O–H groups in total. The summed E-state index contributed by atoms with van der Waals surface area (Å²) in [4.78, 5) is 22.2. The first kappa shape index (κ1) is 12.4. The van der Waals surface area contributed by atoms with E-state index in [1.165, 1.54) is 0 Å². The first-order valence-corrected chi connectivity index (χ1v) is 5.72. The summed E-state index contributed by atoms with van der Waals surface area (Å²) in [5.41, 5.74) is 0.600. The highest BCUT2D eigenvalue weighted by atomic mass is 16.4. The lowest BCUT2D eigenvalue weighted by Gasteiger charge is -2.20.